The lowest BCUT2D eigenvalue weighted by atomic mass is 10.3. The van der Waals surface area contributed by atoms with E-state index < -0.39 is 6.03 Å². The first-order valence-corrected chi connectivity index (χ1v) is 6.82. The molecule has 98 valence electrons. The van der Waals surface area contributed by atoms with Crippen LogP contribution in [0.25, 0.3) is 0 Å². The fraction of sp³-hybridized carbons (Fsp3) is 0. The molecule has 2 N–H and O–H groups in total. The minimum Gasteiger partial charge on any atom is -0.305 e. The van der Waals surface area contributed by atoms with Crippen LogP contribution < -0.4 is 10.7 Å². The number of anilines is 1. The van der Waals surface area contributed by atoms with Crippen LogP contribution in [0.5, 0.6) is 0 Å². The van der Waals surface area contributed by atoms with E-state index in [2.05, 4.69) is 15.8 Å². The van der Waals surface area contributed by atoms with Crippen LogP contribution >= 0.6 is 34.5 Å². The van der Waals surface area contributed by atoms with Crippen molar-refractivity contribution in [2.24, 2.45) is 5.10 Å². The highest BCUT2D eigenvalue weighted by Gasteiger charge is 2.03. The summed E-state index contributed by atoms with van der Waals surface area (Å²) < 4.78 is 0.668. The van der Waals surface area contributed by atoms with Crippen LogP contribution in [0.2, 0.25) is 9.36 Å². The summed E-state index contributed by atoms with van der Waals surface area (Å²) in [6.07, 6.45) is 1.52. The monoisotopic (exact) mass is 313 g/mol. The van der Waals surface area contributed by atoms with Gasteiger partial charge in [0.25, 0.3) is 0 Å². The third kappa shape index (κ3) is 4.24. The molecule has 4 nitrogen and oxygen atoms in total. The number of halogens is 2. The summed E-state index contributed by atoms with van der Waals surface area (Å²) in [5.41, 5.74) is 2.86. The first kappa shape index (κ1) is 13.9. The quantitative estimate of drug-likeness (QED) is 0.647. The molecule has 0 unspecified atom stereocenters. The number of para-hydroxylation sites is 1. The Kier molecular flexibility index (Phi) is 4.79. The molecular weight excluding hydrogens is 305 g/mol. The number of carbonyl (C=O) groups excluding carboxylic acids is 1. The topological polar surface area (TPSA) is 53.5 Å². The fourth-order valence-electron chi connectivity index (χ4n) is 1.27. The van der Waals surface area contributed by atoms with Crippen LogP contribution in [-0.4, -0.2) is 12.2 Å². The van der Waals surface area contributed by atoms with E-state index in [0.717, 1.165) is 4.88 Å². The van der Waals surface area contributed by atoms with E-state index in [1.807, 2.05) is 6.07 Å². The van der Waals surface area contributed by atoms with E-state index in [9.17, 15) is 4.79 Å². The molecule has 0 radical (unpaired) electrons. The van der Waals surface area contributed by atoms with Crippen LogP contribution in [0, 0.1) is 0 Å². The zero-order valence-electron chi connectivity index (χ0n) is 9.56. The van der Waals surface area contributed by atoms with Gasteiger partial charge >= 0.3 is 6.03 Å². The zero-order valence-corrected chi connectivity index (χ0v) is 11.9. The van der Waals surface area contributed by atoms with Crippen molar-refractivity contribution >= 4 is 52.5 Å². The summed E-state index contributed by atoms with van der Waals surface area (Å²) in [6.45, 7) is 0. The van der Waals surface area contributed by atoms with Crippen molar-refractivity contribution < 1.29 is 4.79 Å². The number of rotatable bonds is 3. The molecule has 0 atom stereocenters. The Labute approximate surface area is 124 Å². The molecule has 1 heterocycles. The lowest BCUT2D eigenvalue weighted by Crippen LogP contribution is -2.24. The second kappa shape index (κ2) is 6.56. The van der Waals surface area contributed by atoms with E-state index in [-0.39, 0.29) is 0 Å². The Hall–Kier alpha value is -1.56. The number of urea groups is 1. The van der Waals surface area contributed by atoms with Crippen LogP contribution in [0.4, 0.5) is 10.5 Å². The summed E-state index contributed by atoms with van der Waals surface area (Å²) >= 11 is 13.0. The van der Waals surface area contributed by atoms with E-state index in [4.69, 9.17) is 23.2 Å². The minimum atomic E-state index is -0.466. The Bertz CT molecular complexity index is 613. The van der Waals surface area contributed by atoms with Crippen LogP contribution in [0.3, 0.4) is 0 Å². The SMILES string of the molecule is O=C(N/N=C/c1ccc(Cl)s1)Nc1ccccc1Cl. The number of carbonyl (C=O) groups is 1. The molecule has 1 aromatic carbocycles. The second-order valence-electron chi connectivity index (χ2n) is 3.45. The Morgan fingerprint density at radius 3 is 2.68 bits per heavy atom. The average Bonchev–Trinajstić information content (AvgIpc) is 2.78. The van der Waals surface area contributed by atoms with Gasteiger partial charge in [0, 0.05) is 4.88 Å². The maximum Gasteiger partial charge on any atom is 0.339 e. The minimum absolute atomic E-state index is 0.465. The van der Waals surface area contributed by atoms with E-state index >= 15 is 0 Å². The second-order valence-corrected chi connectivity index (χ2v) is 5.60. The highest BCUT2D eigenvalue weighted by molar-refractivity contribution is 7.17. The summed E-state index contributed by atoms with van der Waals surface area (Å²) in [6, 6.07) is 10.1. The van der Waals surface area contributed by atoms with E-state index in [1.54, 1.807) is 30.3 Å². The molecular formula is C12H9Cl2N3OS. The van der Waals surface area contributed by atoms with Crippen LogP contribution in [0.1, 0.15) is 4.88 Å². The third-order valence-electron chi connectivity index (χ3n) is 2.07. The average molecular weight is 314 g/mol. The molecule has 0 bridgehead atoms. The highest BCUT2D eigenvalue weighted by Crippen LogP contribution is 2.20. The molecule has 0 aliphatic rings. The number of nitrogens with one attached hydrogen (secondary N) is 2. The van der Waals surface area contributed by atoms with E-state index in [0.29, 0.717) is 15.0 Å². The van der Waals surface area contributed by atoms with Gasteiger partial charge in [0.1, 0.15) is 0 Å². The molecule has 0 aliphatic heterocycles. The van der Waals surface area contributed by atoms with Gasteiger partial charge < -0.3 is 5.32 Å². The summed E-state index contributed by atoms with van der Waals surface area (Å²) in [7, 11) is 0. The predicted molar refractivity (Wildman–Crippen MR) is 80.5 cm³/mol. The van der Waals surface area contributed by atoms with Gasteiger partial charge in [0.15, 0.2) is 0 Å². The van der Waals surface area contributed by atoms with Crippen molar-refractivity contribution in [2.75, 3.05) is 5.32 Å². The molecule has 7 heteroatoms. The van der Waals surface area contributed by atoms with Crippen LogP contribution in [-0.2, 0) is 0 Å². The van der Waals surface area contributed by atoms with Gasteiger partial charge in [-0.25, -0.2) is 10.2 Å². The zero-order chi connectivity index (χ0) is 13.7. The smallest absolute Gasteiger partial charge is 0.305 e. The lowest BCUT2D eigenvalue weighted by molar-refractivity contribution is 0.252. The molecule has 19 heavy (non-hydrogen) atoms. The molecule has 1 aromatic heterocycles. The molecule has 0 fully saturated rings. The van der Waals surface area contributed by atoms with Crippen molar-refractivity contribution in [1.82, 2.24) is 5.43 Å². The number of thiophene rings is 1. The molecule has 0 spiro atoms. The van der Waals surface area contributed by atoms with Crippen molar-refractivity contribution in [1.29, 1.82) is 0 Å². The molecule has 0 saturated carbocycles. The number of benzene rings is 1. The van der Waals surface area contributed by atoms with Crippen molar-refractivity contribution in [3.8, 4) is 0 Å². The normalized spacial score (nSPS) is 10.6. The highest BCUT2D eigenvalue weighted by atomic mass is 35.5. The van der Waals surface area contributed by atoms with Crippen molar-refractivity contribution in [3.63, 3.8) is 0 Å². The maximum atomic E-state index is 11.5. The third-order valence-corrected chi connectivity index (χ3v) is 3.57. The largest absolute Gasteiger partial charge is 0.339 e. The molecule has 0 saturated heterocycles. The number of amides is 2. The Morgan fingerprint density at radius 1 is 1.21 bits per heavy atom. The van der Waals surface area contributed by atoms with Gasteiger partial charge in [-0.2, -0.15) is 5.10 Å². The fourth-order valence-corrected chi connectivity index (χ4v) is 2.38. The number of hydrazone groups is 1. The van der Waals surface area contributed by atoms with E-state index in [1.165, 1.54) is 17.6 Å². The molecule has 2 amide bonds. The van der Waals surface area contributed by atoms with Crippen molar-refractivity contribution in [2.45, 2.75) is 0 Å². The van der Waals surface area contributed by atoms with Crippen LogP contribution in [0.15, 0.2) is 41.5 Å². The standard InChI is InChI=1S/C12H9Cl2N3OS/c13-9-3-1-2-4-10(9)16-12(18)17-15-7-8-5-6-11(14)19-8/h1-7H,(H2,16,17,18)/b15-7+. The first-order valence-electron chi connectivity index (χ1n) is 5.25. The number of hydrogen-bond acceptors (Lipinski definition) is 3. The maximum absolute atomic E-state index is 11.5. The number of hydrogen-bond donors (Lipinski definition) is 2. The summed E-state index contributed by atoms with van der Waals surface area (Å²) in [5, 5.41) is 6.85. The number of nitrogens with zero attached hydrogens (tertiary/aromatic N) is 1. The molecule has 0 aliphatic carbocycles. The van der Waals surface area contributed by atoms with Gasteiger partial charge in [0.2, 0.25) is 0 Å². The Balaban J connectivity index is 1.88. The molecule has 2 rings (SSSR count). The molecule has 2 aromatic rings. The van der Waals surface area contributed by atoms with Gasteiger partial charge in [-0.3, -0.25) is 0 Å². The summed E-state index contributed by atoms with van der Waals surface area (Å²) in [5.74, 6) is 0. The van der Waals surface area contributed by atoms with Crippen molar-refractivity contribution in [3.05, 3.63) is 50.6 Å². The van der Waals surface area contributed by atoms with Gasteiger partial charge in [-0.1, -0.05) is 35.3 Å². The van der Waals surface area contributed by atoms with Gasteiger partial charge in [-0.15, -0.1) is 11.3 Å². The van der Waals surface area contributed by atoms with Gasteiger partial charge in [0.05, 0.1) is 21.3 Å². The summed E-state index contributed by atoms with van der Waals surface area (Å²) in [4.78, 5) is 12.4. The Morgan fingerprint density at radius 2 is 2.00 bits per heavy atom. The first-order chi connectivity index (χ1) is 9.15. The predicted octanol–water partition coefficient (Wildman–Crippen LogP) is 4.21. The van der Waals surface area contributed by atoms with Gasteiger partial charge in [-0.05, 0) is 24.3 Å². The lowest BCUT2D eigenvalue weighted by Gasteiger charge is -2.05.